The third-order valence-electron chi connectivity index (χ3n) is 1.60. The lowest BCUT2D eigenvalue weighted by atomic mass is 10.1. The predicted molar refractivity (Wildman–Crippen MR) is 53.7 cm³/mol. The molecule has 0 fully saturated rings. The highest BCUT2D eigenvalue weighted by atomic mass is 79.9. The number of alkyl halides is 1. The number of hydrogen-bond acceptors (Lipinski definition) is 4. The van der Waals surface area contributed by atoms with E-state index < -0.39 is 5.97 Å². The van der Waals surface area contributed by atoms with Gasteiger partial charge in [0, 0.05) is 6.20 Å². The second kappa shape index (κ2) is 4.85. The maximum absolute atomic E-state index is 11.3. The Hall–Kier alpha value is -1.23. The van der Waals surface area contributed by atoms with Crippen LogP contribution in [0.5, 0.6) is 0 Å². The highest BCUT2D eigenvalue weighted by molar-refractivity contribution is 9.09. The molecular formula is C9H8BrNO3. The van der Waals surface area contributed by atoms with Crippen LogP contribution in [0.25, 0.3) is 0 Å². The number of carbonyl (C=O) groups excluding carboxylic acids is 2. The average Bonchev–Trinajstić information content (AvgIpc) is 2.27. The summed E-state index contributed by atoms with van der Waals surface area (Å²) in [7, 11) is 1.26. The Labute approximate surface area is 89.4 Å². The highest BCUT2D eigenvalue weighted by Gasteiger charge is 2.17. The molecule has 0 aliphatic carbocycles. The predicted octanol–water partition coefficient (Wildman–Crippen LogP) is 1.45. The van der Waals surface area contributed by atoms with Crippen molar-refractivity contribution in [2.75, 3.05) is 12.4 Å². The smallest absolute Gasteiger partial charge is 0.340 e. The Kier molecular flexibility index (Phi) is 3.76. The van der Waals surface area contributed by atoms with E-state index in [2.05, 4.69) is 25.7 Å². The molecule has 1 aromatic heterocycles. The van der Waals surface area contributed by atoms with Gasteiger partial charge in [0.1, 0.15) is 5.69 Å². The van der Waals surface area contributed by atoms with Crippen LogP contribution in [0, 0.1) is 0 Å². The first-order valence-electron chi connectivity index (χ1n) is 3.83. The standard InChI is InChI=1S/C9H8BrNO3/c1-14-9(13)6-3-2-4-11-8(6)7(12)5-10/h2-4H,5H2,1H3. The molecule has 0 saturated heterocycles. The molecule has 0 radical (unpaired) electrons. The molecule has 0 aliphatic rings. The minimum absolute atomic E-state index is 0.133. The monoisotopic (exact) mass is 257 g/mol. The van der Waals surface area contributed by atoms with Gasteiger partial charge in [-0.3, -0.25) is 9.78 Å². The quantitative estimate of drug-likeness (QED) is 0.467. The van der Waals surface area contributed by atoms with E-state index in [1.165, 1.54) is 19.4 Å². The van der Waals surface area contributed by atoms with Gasteiger partial charge >= 0.3 is 5.97 Å². The van der Waals surface area contributed by atoms with Crippen molar-refractivity contribution in [3.8, 4) is 0 Å². The molecule has 0 aliphatic heterocycles. The Balaban J connectivity index is 3.15. The van der Waals surface area contributed by atoms with Crippen LogP contribution in [0.1, 0.15) is 20.8 Å². The van der Waals surface area contributed by atoms with Gasteiger partial charge in [0.2, 0.25) is 0 Å². The van der Waals surface area contributed by atoms with Crippen LogP contribution in [0.3, 0.4) is 0 Å². The lowest BCUT2D eigenvalue weighted by Crippen LogP contribution is -2.12. The normalized spacial score (nSPS) is 9.57. The average molecular weight is 258 g/mol. The SMILES string of the molecule is COC(=O)c1cccnc1C(=O)CBr. The Morgan fingerprint density at radius 3 is 2.86 bits per heavy atom. The Morgan fingerprint density at radius 1 is 1.57 bits per heavy atom. The summed E-state index contributed by atoms with van der Waals surface area (Å²) < 4.78 is 4.53. The zero-order valence-corrected chi connectivity index (χ0v) is 9.08. The molecule has 74 valence electrons. The number of ether oxygens (including phenoxy) is 1. The van der Waals surface area contributed by atoms with E-state index in [4.69, 9.17) is 0 Å². The first kappa shape index (κ1) is 10.8. The fourth-order valence-corrected chi connectivity index (χ4v) is 1.23. The van der Waals surface area contributed by atoms with Crippen molar-refractivity contribution in [3.05, 3.63) is 29.6 Å². The first-order chi connectivity index (χ1) is 6.70. The summed E-state index contributed by atoms with van der Waals surface area (Å²) in [6.07, 6.45) is 1.46. The second-order valence-electron chi connectivity index (χ2n) is 2.45. The number of Topliss-reactive ketones (excluding diaryl/α,β-unsaturated/α-hetero) is 1. The lowest BCUT2D eigenvalue weighted by Gasteiger charge is -2.03. The van der Waals surface area contributed by atoms with E-state index >= 15 is 0 Å². The first-order valence-corrected chi connectivity index (χ1v) is 4.95. The van der Waals surface area contributed by atoms with E-state index in [0.29, 0.717) is 0 Å². The minimum Gasteiger partial charge on any atom is -0.465 e. The van der Waals surface area contributed by atoms with Gasteiger partial charge in [0.05, 0.1) is 18.0 Å². The molecule has 14 heavy (non-hydrogen) atoms. The molecule has 0 amide bonds. The van der Waals surface area contributed by atoms with Gasteiger partial charge in [-0.05, 0) is 12.1 Å². The van der Waals surface area contributed by atoms with Gasteiger partial charge in [-0.2, -0.15) is 0 Å². The second-order valence-corrected chi connectivity index (χ2v) is 3.01. The summed E-state index contributed by atoms with van der Waals surface area (Å²) in [5.74, 6) is -0.798. The molecule has 0 N–H and O–H groups in total. The van der Waals surface area contributed by atoms with Crippen molar-refractivity contribution in [2.24, 2.45) is 0 Å². The Bertz CT molecular complexity index is 330. The van der Waals surface area contributed by atoms with Crippen LogP contribution in [0.15, 0.2) is 18.3 Å². The highest BCUT2D eigenvalue weighted by Crippen LogP contribution is 2.08. The maximum Gasteiger partial charge on any atom is 0.340 e. The van der Waals surface area contributed by atoms with Crippen molar-refractivity contribution in [1.82, 2.24) is 4.98 Å². The molecule has 4 nitrogen and oxygen atoms in total. The van der Waals surface area contributed by atoms with E-state index in [9.17, 15) is 9.59 Å². The van der Waals surface area contributed by atoms with Crippen molar-refractivity contribution >= 4 is 27.7 Å². The van der Waals surface area contributed by atoms with Crippen molar-refractivity contribution in [2.45, 2.75) is 0 Å². The number of ketones is 1. The minimum atomic E-state index is -0.553. The largest absolute Gasteiger partial charge is 0.465 e. The van der Waals surface area contributed by atoms with Crippen molar-refractivity contribution in [3.63, 3.8) is 0 Å². The number of carbonyl (C=O) groups is 2. The van der Waals surface area contributed by atoms with Gasteiger partial charge in [0.15, 0.2) is 5.78 Å². The molecule has 0 aromatic carbocycles. The molecule has 1 heterocycles. The third-order valence-corrected chi connectivity index (χ3v) is 2.11. The number of pyridine rings is 1. The molecule has 1 aromatic rings. The molecule has 0 unspecified atom stereocenters. The van der Waals surface area contributed by atoms with Gasteiger partial charge in [0.25, 0.3) is 0 Å². The van der Waals surface area contributed by atoms with E-state index in [1.54, 1.807) is 6.07 Å². The third kappa shape index (κ3) is 2.17. The molecular weight excluding hydrogens is 250 g/mol. The fraction of sp³-hybridized carbons (Fsp3) is 0.222. The van der Waals surface area contributed by atoms with Crippen molar-refractivity contribution in [1.29, 1.82) is 0 Å². The van der Waals surface area contributed by atoms with Crippen LogP contribution in [-0.2, 0) is 4.74 Å². The van der Waals surface area contributed by atoms with Crippen LogP contribution < -0.4 is 0 Å². The summed E-state index contributed by atoms with van der Waals surface area (Å²) in [6, 6.07) is 3.09. The Morgan fingerprint density at radius 2 is 2.29 bits per heavy atom. The van der Waals surface area contributed by atoms with Crippen LogP contribution in [0.2, 0.25) is 0 Å². The van der Waals surface area contributed by atoms with Crippen LogP contribution in [-0.4, -0.2) is 29.2 Å². The zero-order chi connectivity index (χ0) is 10.6. The summed E-state index contributed by atoms with van der Waals surface area (Å²) in [6.45, 7) is 0. The summed E-state index contributed by atoms with van der Waals surface area (Å²) in [4.78, 5) is 26.4. The van der Waals surface area contributed by atoms with E-state index in [-0.39, 0.29) is 22.4 Å². The number of aromatic nitrogens is 1. The van der Waals surface area contributed by atoms with Crippen molar-refractivity contribution < 1.29 is 14.3 Å². The zero-order valence-electron chi connectivity index (χ0n) is 7.49. The summed E-state index contributed by atoms with van der Waals surface area (Å²) in [5, 5.41) is 0.133. The molecule has 0 bridgehead atoms. The molecule has 5 heteroatoms. The number of hydrogen-bond donors (Lipinski definition) is 0. The van der Waals surface area contributed by atoms with Gasteiger partial charge in [-0.25, -0.2) is 4.79 Å². The molecule has 0 saturated carbocycles. The number of halogens is 1. The molecule has 0 atom stereocenters. The number of methoxy groups -OCH3 is 1. The van der Waals surface area contributed by atoms with Gasteiger partial charge < -0.3 is 4.74 Å². The molecule has 1 rings (SSSR count). The topological polar surface area (TPSA) is 56.3 Å². The van der Waals surface area contributed by atoms with Crippen LogP contribution in [0.4, 0.5) is 0 Å². The van der Waals surface area contributed by atoms with E-state index in [0.717, 1.165) is 0 Å². The van der Waals surface area contributed by atoms with Gasteiger partial charge in [-0.15, -0.1) is 0 Å². The fourth-order valence-electron chi connectivity index (χ4n) is 0.965. The van der Waals surface area contributed by atoms with Crippen LogP contribution >= 0.6 is 15.9 Å². The lowest BCUT2D eigenvalue weighted by molar-refractivity contribution is 0.0596. The number of nitrogens with zero attached hydrogens (tertiary/aromatic N) is 1. The van der Waals surface area contributed by atoms with Gasteiger partial charge in [-0.1, -0.05) is 15.9 Å². The molecule has 0 spiro atoms. The maximum atomic E-state index is 11.3. The number of rotatable bonds is 3. The summed E-state index contributed by atoms with van der Waals surface area (Å²) in [5.41, 5.74) is 0.329. The van der Waals surface area contributed by atoms with E-state index in [1.807, 2.05) is 0 Å². The number of esters is 1. The summed E-state index contributed by atoms with van der Waals surface area (Å²) >= 11 is 3.02.